The van der Waals surface area contributed by atoms with Crippen LogP contribution in [-0.4, -0.2) is 45.9 Å². The Hall–Kier alpha value is -3.59. The number of nitro benzene ring substituents is 1. The predicted octanol–water partition coefficient (Wildman–Crippen LogP) is 3.58. The minimum atomic E-state index is -1.20. The number of ether oxygens (including phenoxy) is 1. The average molecular weight is 428 g/mol. The van der Waals surface area contributed by atoms with E-state index >= 15 is 0 Å². The lowest BCUT2D eigenvalue weighted by atomic mass is 9.95. The van der Waals surface area contributed by atoms with Gasteiger partial charge in [-0.2, -0.15) is 0 Å². The van der Waals surface area contributed by atoms with Crippen molar-refractivity contribution in [3.8, 4) is 0 Å². The molecule has 0 bridgehead atoms. The molecule has 0 spiro atoms. The normalized spacial score (nSPS) is 18.1. The summed E-state index contributed by atoms with van der Waals surface area (Å²) in [5.74, 6) is -3.17. The fourth-order valence-electron chi connectivity index (χ4n) is 3.44. The Morgan fingerprint density at radius 2 is 1.94 bits per heavy atom. The number of halogens is 1. The number of non-ortho nitro benzene ring substituents is 1. The molecule has 9 heteroatoms. The second kappa shape index (κ2) is 9.05. The Kier molecular flexibility index (Phi) is 6.45. The second-order valence-corrected chi connectivity index (χ2v) is 7.24. The second-order valence-electron chi connectivity index (χ2n) is 7.24. The van der Waals surface area contributed by atoms with Gasteiger partial charge in [-0.25, -0.2) is 4.39 Å². The number of carbonyl (C=O) groups excluding carboxylic acids is 2. The van der Waals surface area contributed by atoms with Crippen LogP contribution >= 0.6 is 0 Å². The number of aliphatic hydroxyl groups excluding tert-OH is 1. The van der Waals surface area contributed by atoms with Crippen LogP contribution in [-0.2, 0) is 14.3 Å². The van der Waals surface area contributed by atoms with Crippen molar-refractivity contribution in [2.75, 3.05) is 13.2 Å². The van der Waals surface area contributed by atoms with E-state index in [1.165, 1.54) is 36.4 Å². The Balaban J connectivity index is 2.14. The fourth-order valence-corrected chi connectivity index (χ4v) is 3.44. The molecule has 1 unspecified atom stereocenters. The number of amides is 1. The number of aliphatic hydroxyl groups is 1. The number of nitro groups is 1. The van der Waals surface area contributed by atoms with Crippen molar-refractivity contribution in [2.24, 2.45) is 0 Å². The molecule has 3 rings (SSSR count). The van der Waals surface area contributed by atoms with E-state index in [0.717, 1.165) is 11.0 Å². The Morgan fingerprint density at radius 1 is 1.23 bits per heavy atom. The number of likely N-dealkylation sites (tertiary alicyclic amines) is 1. The maximum atomic E-state index is 14.7. The van der Waals surface area contributed by atoms with E-state index in [1.807, 2.05) is 13.8 Å². The fraction of sp³-hybridized carbons (Fsp3) is 0.273. The summed E-state index contributed by atoms with van der Waals surface area (Å²) in [5.41, 5.74) is -0.628. The van der Waals surface area contributed by atoms with E-state index in [1.54, 1.807) is 6.07 Å². The molecule has 1 heterocycles. The van der Waals surface area contributed by atoms with Crippen LogP contribution in [0.5, 0.6) is 0 Å². The first-order valence-electron chi connectivity index (χ1n) is 9.61. The average Bonchev–Trinajstić information content (AvgIpc) is 2.98. The summed E-state index contributed by atoms with van der Waals surface area (Å²) < 4.78 is 20.1. The minimum Gasteiger partial charge on any atom is -0.507 e. The Bertz CT molecular complexity index is 1070. The van der Waals surface area contributed by atoms with Crippen LogP contribution in [0.3, 0.4) is 0 Å². The number of hydrogen-bond acceptors (Lipinski definition) is 6. The third-order valence-electron chi connectivity index (χ3n) is 4.85. The van der Waals surface area contributed by atoms with E-state index in [-0.39, 0.29) is 41.6 Å². The summed E-state index contributed by atoms with van der Waals surface area (Å²) in [7, 11) is 0. The molecule has 0 radical (unpaired) electrons. The van der Waals surface area contributed by atoms with Crippen LogP contribution in [0.1, 0.15) is 31.0 Å². The number of hydrogen-bond donors (Lipinski definition) is 1. The topological polar surface area (TPSA) is 110 Å². The van der Waals surface area contributed by atoms with Crippen LogP contribution < -0.4 is 0 Å². The molecule has 0 saturated carbocycles. The van der Waals surface area contributed by atoms with Gasteiger partial charge in [0.1, 0.15) is 11.6 Å². The van der Waals surface area contributed by atoms with Gasteiger partial charge in [0.05, 0.1) is 29.2 Å². The maximum absolute atomic E-state index is 14.7. The molecule has 0 aromatic heterocycles. The zero-order valence-electron chi connectivity index (χ0n) is 16.9. The van der Waals surface area contributed by atoms with Crippen molar-refractivity contribution in [2.45, 2.75) is 26.0 Å². The SMILES string of the molecule is CC(C)OCCN1C(=O)C(=O)/C(=C(/O)c2cccc([N+](=O)[O-])c2)C1c1ccccc1F. The molecule has 1 aliphatic rings. The highest BCUT2D eigenvalue weighted by Gasteiger charge is 2.46. The number of Topliss-reactive ketones (excluding diaryl/α,β-unsaturated/α-hetero) is 1. The highest BCUT2D eigenvalue weighted by atomic mass is 19.1. The molecule has 1 N–H and O–H groups in total. The lowest BCUT2D eigenvalue weighted by Crippen LogP contribution is -2.33. The minimum absolute atomic E-state index is 0.00648. The Labute approximate surface area is 177 Å². The molecular formula is C22H21FN2O6. The maximum Gasteiger partial charge on any atom is 0.295 e. The van der Waals surface area contributed by atoms with Gasteiger partial charge in [0.25, 0.3) is 17.4 Å². The third-order valence-corrected chi connectivity index (χ3v) is 4.85. The van der Waals surface area contributed by atoms with Gasteiger partial charge >= 0.3 is 0 Å². The zero-order chi connectivity index (χ0) is 22.7. The smallest absolute Gasteiger partial charge is 0.295 e. The number of carbonyl (C=O) groups is 2. The van der Waals surface area contributed by atoms with E-state index in [4.69, 9.17) is 4.74 Å². The van der Waals surface area contributed by atoms with E-state index < -0.39 is 34.2 Å². The molecule has 2 aromatic carbocycles. The molecule has 1 amide bonds. The Morgan fingerprint density at radius 3 is 2.58 bits per heavy atom. The third kappa shape index (κ3) is 4.46. The summed E-state index contributed by atoms with van der Waals surface area (Å²) in [4.78, 5) is 37.2. The molecule has 8 nitrogen and oxygen atoms in total. The van der Waals surface area contributed by atoms with E-state index in [9.17, 15) is 29.2 Å². The highest BCUT2D eigenvalue weighted by molar-refractivity contribution is 6.46. The lowest BCUT2D eigenvalue weighted by molar-refractivity contribution is -0.384. The van der Waals surface area contributed by atoms with Crippen molar-refractivity contribution >= 4 is 23.1 Å². The molecular weight excluding hydrogens is 407 g/mol. The molecule has 2 aromatic rings. The summed E-state index contributed by atoms with van der Waals surface area (Å²) in [6.45, 7) is 3.72. The monoisotopic (exact) mass is 428 g/mol. The lowest BCUT2D eigenvalue weighted by Gasteiger charge is -2.26. The van der Waals surface area contributed by atoms with Crippen LogP contribution in [0.25, 0.3) is 5.76 Å². The molecule has 1 aliphatic heterocycles. The van der Waals surface area contributed by atoms with Gasteiger partial charge in [0.2, 0.25) is 0 Å². The van der Waals surface area contributed by atoms with Crippen molar-refractivity contribution in [3.63, 3.8) is 0 Å². The zero-order valence-corrected chi connectivity index (χ0v) is 16.9. The number of nitrogens with zero attached hydrogens (tertiary/aromatic N) is 2. The molecule has 1 fully saturated rings. The molecule has 0 aliphatic carbocycles. The standard InChI is InChI=1S/C22H21FN2O6/c1-13(2)31-11-10-24-19(16-8-3-4-9-17(16)23)18(21(27)22(24)28)20(26)14-6-5-7-15(12-14)25(29)30/h3-9,12-13,19,26H,10-11H2,1-2H3/b20-18+. The van der Waals surface area contributed by atoms with Crippen molar-refractivity contribution < 1.29 is 28.7 Å². The van der Waals surface area contributed by atoms with Gasteiger partial charge in [0, 0.05) is 29.8 Å². The number of ketones is 1. The number of benzene rings is 2. The molecule has 1 saturated heterocycles. The first-order valence-corrected chi connectivity index (χ1v) is 9.61. The van der Waals surface area contributed by atoms with Gasteiger partial charge in [-0.15, -0.1) is 0 Å². The van der Waals surface area contributed by atoms with Crippen molar-refractivity contribution in [3.05, 3.63) is 81.2 Å². The van der Waals surface area contributed by atoms with Crippen LogP contribution in [0.2, 0.25) is 0 Å². The van der Waals surface area contributed by atoms with Gasteiger partial charge in [-0.05, 0) is 19.9 Å². The van der Waals surface area contributed by atoms with Gasteiger partial charge in [-0.1, -0.05) is 30.3 Å². The van der Waals surface area contributed by atoms with Gasteiger partial charge in [-0.3, -0.25) is 19.7 Å². The largest absolute Gasteiger partial charge is 0.507 e. The van der Waals surface area contributed by atoms with Crippen LogP contribution in [0, 0.1) is 15.9 Å². The quantitative estimate of drug-likeness (QED) is 0.237. The van der Waals surface area contributed by atoms with Gasteiger partial charge in [0.15, 0.2) is 0 Å². The highest BCUT2D eigenvalue weighted by Crippen LogP contribution is 2.40. The predicted molar refractivity (Wildman–Crippen MR) is 110 cm³/mol. The molecule has 162 valence electrons. The van der Waals surface area contributed by atoms with Crippen molar-refractivity contribution in [1.29, 1.82) is 0 Å². The van der Waals surface area contributed by atoms with Gasteiger partial charge < -0.3 is 14.7 Å². The number of rotatable bonds is 7. The van der Waals surface area contributed by atoms with Crippen LogP contribution in [0.4, 0.5) is 10.1 Å². The summed E-state index contributed by atoms with van der Waals surface area (Å²) in [6, 6.07) is 9.46. The summed E-state index contributed by atoms with van der Waals surface area (Å²) in [6.07, 6.45) is -0.117. The van der Waals surface area contributed by atoms with E-state index in [0.29, 0.717) is 0 Å². The molecule has 1 atom stereocenters. The summed E-state index contributed by atoms with van der Waals surface area (Å²) >= 11 is 0. The van der Waals surface area contributed by atoms with Crippen LogP contribution in [0.15, 0.2) is 54.1 Å². The first kappa shape index (κ1) is 22.1. The van der Waals surface area contributed by atoms with E-state index in [2.05, 4.69) is 0 Å². The first-order chi connectivity index (χ1) is 14.7. The van der Waals surface area contributed by atoms with Crippen molar-refractivity contribution in [1.82, 2.24) is 4.90 Å². The summed E-state index contributed by atoms with van der Waals surface area (Å²) in [5, 5.41) is 22.0. The molecule has 31 heavy (non-hydrogen) atoms.